The molecule has 1 aromatic rings. The first-order valence-corrected chi connectivity index (χ1v) is 6.65. The van der Waals surface area contributed by atoms with Gasteiger partial charge in [-0.2, -0.15) is 0 Å². The van der Waals surface area contributed by atoms with Crippen molar-refractivity contribution in [3.05, 3.63) is 30.1 Å². The fourth-order valence-corrected chi connectivity index (χ4v) is 2.04. The highest BCUT2D eigenvalue weighted by molar-refractivity contribution is 5.11. The standard InChI is InChI=1S/C14H25N3O/c1-4-12(15)14(13-8-6-7-9-16-13)17(3)10-11-18-5-2/h6-9,12,14H,4-5,10-11,15H2,1-3H3. The summed E-state index contributed by atoms with van der Waals surface area (Å²) in [5.74, 6) is 0. The number of hydrogen-bond donors (Lipinski definition) is 1. The zero-order chi connectivity index (χ0) is 13.4. The van der Waals surface area contributed by atoms with E-state index in [1.165, 1.54) is 0 Å². The molecule has 1 heterocycles. The number of nitrogens with zero attached hydrogens (tertiary/aromatic N) is 2. The summed E-state index contributed by atoms with van der Waals surface area (Å²) in [7, 11) is 2.08. The molecule has 0 aliphatic carbocycles. The van der Waals surface area contributed by atoms with Gasteiger partial charge in [-0.1, -0.05) is 13.0 Å². The second kappa shape index (κ2) is 8.19. The molecule has 0 amide bonds. The van der Waals surface area contributed by atoms with Crippen LogP contribution in [0.15, 0.2) is 24.4 Å². The van der Waals surface area contributed by atoms with Crippen LogP contribution in [-0.2, 0) is 4.74 Å². The van der Waals surface area contributed by atoms with Crippen molar-refractivity contribution in [1.29, 1.82) is 0 Å². The third kappa shape index (κ3) is 4.37. The number of likely N-dealkylation sites (N-methyl/N-ethyl adjacent to an activating group) is 1. The predicted molar refractivity (Wildman–Crippen MR) is 74.4 cm³/mol. The molecule has 0 radical (unpaired) electrons. The lowest BCUT2D eigenvalue weighted by molar-refractivity contribution is 0.0994. The molecule has 2 atom stereocenters. The second-order valence-electron chi connectivity index (χ2n) is 4.45. The summed E-state index contributed by atoms with van der Waals surface area (Å²) >= 11 is 0. The van der Waals surface area contributed by atoms with Crippen LogP contribution in [0.5, 0.6) is 0 Å². The van der Waals surface area contributed by atoms with Crippen molar-refractivity contribution in [1.82, 2.24) is 9.88 Å². The van der Waals surface area contributed by atoms with E-state index in [1.807, 2.05) is 31.3 Å². The molecule has 4 nitrogen and oxygen atoms in total. The van der Waals surface area contributed by atoms with E-state index in [0.29, 0.717) is 0 Å². The highest BCUT2D eigenvalue weighted by Gasteiger charge is 2.23. The topological polar surface area (TPSA) is 51.4 Å². The van der Waals surface area contributed by atoms with E-state index in [1.54, 1.807) is 0 Å². The molecule has 0 aliphatic rings. The van der Waals surface area contributed by atoms with Crippen molar-refractivity contribution in [2.45, 2.75) is 32.4 Å². The Morgan fingerprint density at radius 3 is 2.72 bits per heavy atom. The van der Waals surface area contributed by atoms with Crippen LogP contribution in [0.25, 0.3) is 0 Å². The third-order valence-electron chi connectivity index (χ3n) is 3.14. The first-order chi connectivity index (χ1) is 8.70. The highest BCUT2D eigenvalue weighted by atomic mass is 16.5. The van der Waals surface area contributed by atoms with E-state index in [-0.39, 0.29) is 12.1 Å². The summed E-state index contributed by atoms with van der Waals surface area (Å²) in [6.45, 7) is 6.46. The van der Waals surface area contributed by atoms with E-state index >= 15 is 0 Å². The van der Waals surface area contributed by atoms with Gasteiger partial charge in [0, 0.05) is 25.4 Å². The molecular weight excluding hydrogens is 226 g/mol. The zero-order valence-electron chi connectivity index (χ0n) is 11.7. The van der Waals surface area contributed by atoms with Crippen molar-refractivity contribution >= 4 is 0 Å². The van der Waals surface area contributed by atoms with Crippen molar-refractivity contribution in [3.63, 3.8) is 0 Å². The molecule has 0 bridgehead atoms. The molecule has 2 N–H and O–H groups in total. The molecule has 1 aromatic heterocycles. The molecule has 0 aliphatic heterocycles. The Kier molecular flexibility index (Phi) is 6.86. The minimum atomic E-state index is 0.0894. The van der Waals surface area contributed by atoms with Gasteiger partial charge < -0.3 is 10.5 Å². The molecule has 0 saturated heterocycles. The van der Waals surface area contributed by atoms with Crippen LogP contribution in [0.4, 0.5) is 0 Å². The Labute approximate surface area is 110 Å². The minimum absolute atomic E-state index is 0.0894. The monoisotopic (exact) mass is 251 g/mol. The number of pyridine rings is 1. The molecule has 0 saturated carbocycles. The molecule has 4 heteroatoms. The van der Waals surface area contributed by atoms with Gasteiger partial charge in [0.2, 0.25) is 0 Å². The molecule has 0 aromatic carbocycles. The average molecular weight is 251 g/mol. The Hall–Kier alpha value is -0.970. The second-order valence-corrected chi connectivity index (χ2v) is 4.45. The summed E-state index contributed by atoms with van der Waals surface area (Å²) in [4.78, 5) is 6.66. The lowest BCUT2D eigenvalue weighted by atomic mass is 10.0. The van der Waals surface area contributed by atoms with Crippen LogP contribution < -0.4 is 5.73 Å². The summed E-state index contributed by atoms with van der Waals surface area (Å²) in [5.41, 5.74) is 7.27. The SMILES string of the molecule is CCOCCN(C)C(c1ccccn1)C(N)CC. The van der Waals surface area contributed by atoms with Crippen LogP contribution in [0.1, 0.15) is 32.0 Å². The number of ether oxygens (including phenoxy) is 1. The summed E-state index contributed by atoms with van der Waals surface area (Å²) < 4.78 is 5.40. The molecule has 0 spiro atoms. The molecule has 102 valence electrons. The van der Waals surface area contributed by atoms with E-state index < -0.39 is 0 Å². The maximum atomic E-state index is 6.23. The van der Waals surface area contributed by atoms with Crippen LogP contribution >= 0.6 is 0 Å². The fraction of sp³-hybridized carbons (Fsp3) is 0.643. The van der Waals surface area contributed by atoms with Crippen LogP contribution in [0.2, 0.25) is 0 Å². The number of hydrogen-bond acceptors (Lipinski definition) is 4. The van der Waals surface area contributed by atoms with Crippen molar-refractivity contribution in [2.75, 3.05) is 26.8 Å². The lowest BCUT2D eigenvalue weighted by Gasteiger charge is -2.31. The van der Waals surface area contributed by atoms with E-state index in [0.717, 1.165) is 31.9 Å². The van der Waals surface area contributed by atoms with E-state index in [4.69, 9.17) is 10.5 Å². The van der Waals surface area contributed by atoms with Crippen molar-refractivity contribution in [2.24, 2.45) is 5.73 Å². The van der Waals surface area contributed by atoms with Gasteiger partial charge in [-0.3, -0.25) is 9.88 Å². The molecule has 1 rings (SSSR count). The average Bonchev–Trinajstić information content (AvgIpc) is 2.40. The highest BCUT2D eigenvalue weighted by Crippen LogP contribution is 2.21. The first-order valence-electron chi connectivity index (χ1n) is 6.65. The van der Waals surface area contributed by atoms with Gasteiger partial charge in [0.15, 0.2) is 0 Å². The largest absolute Gasteiger partial charge is 0.380 e. The van der Waals surface area contributed by atoms with Crippen molar-refractivity contribution in [3.8, 4) is 0 Å². The summed E-state index contributed by atoms with van der Waals surface area (Å²) in [6, 6.07) is 6.21. The molecule has 2 unspecified atom stereocenters. The Balaban J connectivity index is 2.72. The summed E-state index contributed by atoms with van der Waals surface area (Å²) in [5, 5.41) is 0. The third-order valence-corrected chi connectivity index (χ3v) is 3.14. The van der Waals surface area contributed by atoms with Gasteiger partial charge in [0.05, 0.1) is 18.3 Å². The van der Waals surface area contributed by atoms with Gasteiger partial charge in [0.25, 0.3) is 0 Å². The Bertz CT molecular complexity index is 318. The zero-order valence-corrected chi connectivity index (χ0v) is 11.7. The van der Waals surface area contributed by atoms with Crippen LogP contribution in [0, 0.1) is 0 Å². The maximum absolute atomic E-state index is 6.23. The normalized spacial score (nSPS) is 14.7. The predicted octanol–water partition coefficient (Wildman–Crippen LogP) is 1.83. The number of aromatic nitrogens is 1. The van der Waals surface area contributed by atoms with Gasteiger partial charge in [0.1, 0.15) is 0 Å². The van der Waals surface area contributed by atoms with Crippen LogP contribution in [-0.4, -0.2) is 42.7 Å². The molecule has 18 heavy (non-hydrogen) atoms. The van der Waals surface area contributed by atoms with Crippen molar-refractivity contribution < 1.29 is 4.74 Å². The van der Waals surface area contributed by atoms with Gasteiger partial charge in [-0.25, -0.2) is 0 Å². The van der Waals surface area contributed by atoms with Crippen LogP contribution in [0.3, 0.4) is 0 Å². The van der Waals surface area contributed by atoms with E-state index in [9.17, 15) is 0 Å². The van der Waals surface area contributed by atoms with Gasteiger partial charge in [-0.15, -0.1) is 0 Å². The number of nitrogens with two attached hydrogens (primary N) is 1. The molecular formula is C14H25N3O. The Morgan fingerprint density at radius 2 is 2.17 bits per heavy atom. The summed E-state index contributed by atoms with van der Waals surface area (Å²) in [6.07, 6.45) is 2.75. The minimum Gasteiger partial charge on any atom is -0.380 e. The fourth-order valence-electron chi connectivity index (χ4n) is 2.04. The first kappa shape index (κ1) is 15.1. The van der Waals surface area contributed by atoms with Gasteiger partial charge in [-0.05, 0) is 32.5 Å². The number of rotatable bonds is 8. The lowest BCUT2D eigenvalue weighted by Crippen LogP contribution is -2.40. The van der Waals surface area contributed by atoms with E-state index in [2.05, 4.69) is 23.9 Å². The molecule has 0 fully saturated rings. The smallest absolute Gasteiger partial charge is 0.0671 e. The maximum Gasteiger partial charge on any atom is 0.0671 e. The Morgan fingerprint density at radius 1 is 1.39 bits per heavy atom. The van der Waals surface area contributed by atoms with Gasteiger partial charge >= 0.3 is 0 Å². The quantitative estimate of drug-likeness (QED) is 0.716.